The molecule has 10 heteroatoms. The van der Waals surface area contributed by atoms with E-state index in [0.717, 1.165) is 77.2 Å². The number of aromatic nitrogens is 4. The second kappa shape index (κ2) is 16.8. The van der Waals surface area contributed by atoms with E-state index in [9.17, 15) is 9.59 Å². The first kappa shape index (κ1) is 33.0. The van der Waals surface area contributed by atoms with Crippen LogP contribution < -0.4 is 9.47 Å². The molecular formula is C35H43N5O5. The number of unbranched alkanes of at least 4 members (excludes halogenated alkanes) is 2. The van der Waals surface area contributed by atoms with Gasteiger partial charge in [-0.2, -0.15) is 0 Å². The molecule has 0 aliphatic heterocycles. The maximum absolute atomic E-state index is 12.0. The van der Waals surface area contributed by atoms with Crippen LogP contribution in [0.25, 0.3) is 33.5 Å². The number of hydrogen-bond donors (Lipinski definition) is 1. The van der Waals surface area contributed by atoms with Gasteiger partial charge in [-0.1, -0.05) is 19.1 Å². The summed E-state index contributed by atoms with van der Waals surface area (Å²) in [5, 5.41) is 0. The average molecular weight is 614 g/mol. The molecule has 5 aromatic rings. The number of ether oxygens (including phenoxy) is 3. The molecule has 3 aromatic carbocycles. The van der Waals surface area contributed by atoms with Crippen molar-refractivity contribution >= 4 is 33.9 Å². The minimum absolute atomic E-state index is 0.142. The van der Waals surface area contributed by atoms with Crippen LogP contribution in [0.2, 0.25) is 0 Å². The Morgan fingerprint density at radius 2 is 1.69 bits per heavy atom. The highest BCUT2D eigenvalue weighted by molar-refractivity contribution is 5.82. The number of nitrogens with one attached hydrogen (secondary N) is 1. The number of para-hydroxylation sites is 2. The fourth-order valence-corrected chi connectivity index (χ4v) is 4.96. The number of fused-ring (bicyclic) bond motifs is 2. The van der Waals surface area contributed by atoms with Gasteiger partial charge in [0.2, 0.25) is 5.91 Å². The maximum atomic E-state index is 12.0. The van der Waals surface area contributed by atoms with Gasteiger partial charge in [0.05, 0.1) is 49.2 Å². The van der Waals surface area contributed by atoms with Crippen molar-refractivity contribution in [3.05, 3.63) is 73.1 Å². The third-order valence-corrected chi connectivity index (χ3v) is 7.52. The zero-order chi connectivity index (χ0) is 32.0. The van der Waals surface area contributed by atoms with Crippen molar-refractivity contribution in [2.45, 2.75) is 52.0 Å². The standard InChI is InChI=1S/C28H37N3O5.C7H6N2/c1-5-26(32)30(2)17-9-18-31-25-20-23(36-19-8-6-7-10-27(33)35-4)15-16-24(25)29-28(31)21-11-13-22(34-3)14-12-21;1-2-4-7-6(3-1)8-5-9-7/h11-16,20H,5-10,17-19H2,1-4H3;1-5H,(H,8,9). The van der Waals surface area contributed by atoms with Crippen molar-refractivity contribution in [3.63, 3.8) is 0 Å². The van der Waals surface area contributed by atoms with Gasteiger partial charge in [0.1, 0.15) is 17.3 Å². The van der Waals surface area contributed by atoms with Crippen LogP contribution in [0.5, 0.6) is 11.5 Å². The SMILES string of the molecule is CCC(=O)N(C)CCCn1c(-c2ccc(OC)cc2)nc2ccc(OCCCCCC(=O)OC)cc21.c1ccc2[nH]cnc2c1. The predicted molar refractivity (Wildman–Crippen MR) is 176 cm³/mol. The highest BCUT2D eigenvalue weighted by Crippen LogP contribution is 2.29. The third kappa shape index (κ3) is 9.31. The molecule has 0 atom stereocenters. The van der Waals surface area contributed by atoms with Crippen LogP contribution in [-0.2, 0) is 20.9 Å². The van der Waals surface area contributed by atoms with Crippen LogP contribution in [-0.4, -0.2) is 70.7 Å². The molecule has 0 aliphatic rings. The molecule has 0 fully saturated rings. The van der Waals surface area contributed by atoms with Gasteiger partial charge in [0, 0.05) is 44.6 Å². The largest absolute Gasteiger partial charge is 0.497 e. The topological polar surface area (TPSA) is 112 Å². The molecule has 10 nitrogen and oxygen atoms in total. The third-order valence-electron chi connectivity index (χ3n) is 7.52. The summed E-state index contributed by atoms with van der Waals surface area (Å²) in [5.74, 6) is 2.42. The number of H-pyrrole nitrogens is 1. The van der Waals surface area contributed by atoms with Crippen molar-refractivity contribution in [1.29, 1.82) is 0 Å². The van der Waals surface area contributed by atoms with E-state index in [2.05, 4.69) is 19.3 Å². The molecular weight excluding hydrogens is 570 g/mol. The lowest BCUT2D eigenvalue weighted by atomic mass is 10.2. The summed E-state index contributed by atoms with van der Waals surface area (Å²) in [6.45, 7) is 3.85. The first-order valence-corrected chi connectivity index (χ1v) is 15.4. The molecule has 0 saturated carbocycles. The van der Waals surface area contributed by atoms with Gasteiger partial charge < -0.3 is 28.7 Å². The Morgan fingerprint density at radius 3 is 2.42 bits per heavy atom. The molecule has 5 rings (SSSR count). The fraction of sp³-hybridized carbons (Fsp3) is 0.371. The molecule has 0 spiro atoms. The molecule has 0 bridgehead atoms. The zero-order valence-corrected chi connectivity index (χ0v) is 26.6. The van der Waals surface area contributed by atoms with Crippen molar-refractivity contribution in [3.8, 4) is 22.9 Å². The predicted octanol–water partition coefficient (Wildman–Crippen LogP) is 6.65. The second-order valence-corrected chi connectivity index (χ2v) is 10.6. The van der Waals surface area contributed by atoms with E-state index in [1.807, 2.05) is 80.7 Å². The number of methoxy groups -OCH3 is 2. The monoisotopic (exact) mass is 613 g/mol. The van der Waals surface area contributed by atoms with Gasteiger partial charge in [0.15, 0.2) is 0 Å². The summed E-state index contributed by atoms with van der Waals surface area (Å²) in [7, 11) is 4.91. The van der Waals surface area contributed by atoms with E-state index in [-0.39, 0.29) is 11.9 Å². The molecule has 2 heterocycles. The highest BCUT2D eigenvalue weighted by Gasteiger charge is 2.15. The summed E-state index contributed by atoms with van der Waals surface area (Å²) in [5.41, 5.74) is 5.01. The summed E-state index contributed by atoms with van der Waals surface area (Å²) >= 11 is 0. The smallest absolute Gasteiger partial charge is 0.305 e. The number of amides is 1. The van der Waals surface area contributed by atoms with Gasteiger partial charge in [-0.05, 0) is 74.2 Å². The molecule has 0 aliphatic carbocycles. The maximum Gasteiger partial charge on any atom is 0.305 e. The minimum atomic E-state index is -0.174. The summed E-state index contributed by atoms with van der Waals surface area (Å²) < 4.78 is 18.2. The number of nitrogens with zero attached hydrogens (tertiary/aromatic N) is 4. The van der Waals surface area contributed by atoms with Crippen LogP contribution in [0.4, 0.5) is 0 Å². The van der Waals surface area contributed by atoms with E-state index in [1.54, 1.807) is 18.3 Å². The number of esters is 1. The van der Waals surface area contributed by atoms with Crippen LogP contribution in [0.15, 0.2) is 73.1 Å². The van der Waals surface area contributed by atoms with Crippen molar-refractivity contribution < 1.29 is 23.8 Å². The number of imidazole rings is 2. The van der Waals surface area contributed by atoms with Gasteiger partial charge in [-0.15, -0.1) is 0 Å². The molecule has 238 valence electrons. The molecule has 1 N–H and O–H groups in total. The first-order valence-electron chi connectivity index (χ1n) is 15.4. The van der Waals surface area contributed by atoms with Gasteiger partial charge >= 0.3 is 5.97 Å². The van der Waals surface area contributed by atoms with Gasteiger partial charge in [-0.3, -0.25) is 9.59 Å². The molecule has 2 aromatic heterocycles. The summed E-state index contributed by atoms with van der Waals surface area (Å²) in [6, 6.07) is 21.8. The fourth-order valence-electron chi connectivity index (χ4n) is 4.96. The summed E-state index contributed by atoms with van der Waals surface area (Å²) in [6.07, 6.45) is 6.01. The first-order chi connectivity index (χ1) is 21.9. The number of carbonyl (C=O) groups is 2. The van der Waals surface area contributed by atoms with E-state index < -0.39 is 0 Å². The van der Waals surface area contributed by atoms with E-state index in [4.69, 9.17) is 14.5 Å². The Morgan fingerprint density at radius 1 is 0.911 bits per heavy atom. The van der Waals surface area contributed by atoms with E-state index >= 15 is 0 Å². The average Bonchev–Trinajstić information content (AvgIpc) is 3.71. The van der Waals surface area contributed by atoms with Crippen molar-refractivity contribution in [2.75, 3.05) is 34.4 Å². The lowest BCUT2D eigenvalue weighted by Gasteiger charge is -2.17. The van der Waals surface area contributed by atoms with Crippen molar-refractivity contribution in [2.24, 2.45) is 0 Å². The van der Waals surface area contributed by atoms with Crippen LogP contribution in [0.3, 0.4) is 0 Å². The van der Waals surface area contributed by atoms with E-state index in [1.165, 1.54) is 7.11 Å². The number of aryl methyl sites for hydroxylation is 1. The van der Waals surface area contributed by atoms with Crippen LogP contribution >= 0.6 is 0 Å². The molecule has 0 unspecified atom stereocenters. The zero-order valence-electron chi connectivity index (χ0n) is 26.6. The van der Waals surface area contributed by atoms with E-state index in [0.29, 0.717) is 26.0 Å². The molecule has 45 heavy (non-hydrogen) atoms. The Kier molecular flexibility index (Phi) is 12.4. The number of aromatic amines is 1. The minimum Gasteiger partial charge on any atom is -0.497 e. The Balaban J connectivity index is 0.000000432. The number of hydrogen-bond acceptors (Lipinski definition) is 7. The highest BCUT2D eigenvalue weighted by atomic mass is 16.5. The quantitative estimate of drug-likeness (QED) is 0.110. The van der Waals surface area contributed by atoms with Crippen molar-refractivity contribution in [1.82, 2.24) is 24.4 Å². The van der Waals surface area contributed by atoms with Gasteiger partial charge in [0.25, 0.3) is 0 Å². The van der Waals surface area contributed by atoms with Crippen LogP contribution in [0.1, 0.15) is 45.4 Å². The van der Waals surface area contributed by atoms with Gasteiger partial charge in [-0.25, -0.2) is 9.97 Å². The second-order valence-electron chi connectivity index (χ2n) is 10.6. The number of benzene rings is 3. The Bertz CT molecular complexity index is 1630. The molecule has 0 saturated heterocycles. The number of carbonyl (C=O) groups excluding carboxylic acids is 2. The lowest BCUT2D eigenvalue weighted by molar-refractivity contribution is -0.140. The Labute approximate surface area is 264 Å². The Hall–Kier alpha value is -4.86. The van der Waals surface area contributed by atoms with Crippen LogP contribution in [0, 0.1) is 0 Å². The molecule has 1 amide bonds. The lowest BCUT2D eigenvalue weighted by Crippen LogP contribution is -2.27. The molecule has 0 radical (unpaired) electrons. The summed E-state index contributed by atoms with van der Waals surface area (Å²) in [4.78, 5) is 37.0. The number of rotatable bonds is 14. The normalized spacial score (nSPS) is 10.8.